The zero-order chi connectivity index (χ0) is 20.9. The standard InChI is InChI=1S/C18H20ClN3O5S/c1-12-6-8-14(9-7-12)28(25,26)22(3)11-16(23)27-13(2)18(24)21-15-5-4-10-20-17(15)19/h4-10,13H,11H2,1-3H3,(H,21,24). The predicted molar refractivity (Wildman–Crippen MR) is 104 cm³/mol. The van der Waals surface area contributed by atoms with Gasteiger partial charge < -0.3 is 10.1 Å². The van der Waals surface area contributed by atoms with E-state index in [0.29, 0.717) is 0 Å². The van der Waals surface area contributed by atoms with Gasteiger partial charge in [-0.25, -0.2) is 13.4 Å². The Kier molecular flexibility index (Phi) is 7.11. The minimum absolute atomic E-state index is 0.0606. The number of carbonyl (C=O) groups excluding carboxylic acids is 2. The Morgan fingerprint density at radius 2 is 1.89 bits per heavy atom. The summed E-state index contributed by atoms with van der Waals surface area (Å²) in [4.78, 5) is 28.1. The molecule has 0 radical (unpaired) electrons. The number of esters is 1. The van der Waals surface area contributed by atoms with Gasteiger partial charge in [0.25, 0.3) is 5.91 Å². The lowest BCUT2D eigenvalue weighted by molar-refractivity contribution is -0.153. The first-order chi connectivity index (χ1) is 13.1. The third kappa shape index (κ3) is 5.51. The Labute approximate surface area is 168 Å². The monoisotopic (exact) mass is 425 g/mol. The molecule has 0 aliphatic carbocycles. The van der Waals surface area contributed by atoms with Crippen LogP contribution in [0.25, 0.3) is 0 Å². The molecule has 1 N–H and O–H groups in total. The van der Waals surface area contributed by atoms with Gasteiger partial charge in [0.05, 0.1) is 10.6 Å². The molecule has 10 heteroatoms. The number of ether oxygens (including phenoxy) is 1. The summed E-state index contributed by atoms with van der Waals surface area (Å²) in [6.07, 6.45) is 0.311. The van der Waals surface area contributed by atoms with Crippen molar-refractivity contribution in [1.82, 2.24) is 9.29 Å². The molecule has 1 unspecified atom stereocenters. The van der Waals surface area contributed by atoms with Crippen LogP contribution in [-0.2, 0) is 24.3 Å². The van der Waals surface area contributed by atoms with Gasteiger partial charge in [-0.05, 0) is 38.1 Å². The third-order valence-corrected chi connectivity index (χ3v) is 5.89. The number of halogens is 1. The van der Waals surface area contributed by atoms with Crippen LogP contribution in [0.5, 0.6) is 0 Å². The number of nitrogens with zero attached hydrogens (tertiary/aromatic N) is 2. The second kappa shape index (κ2) is 9.13. The number of nitrogens with one attached hydrogen (secondary N) is 1. The van der Waals surface area contributed by atoms with Crippen molar-refractivity contribution in [2.75, 3.05) is 18.9 Å². The van der Waals surface area contributed by atoms with Gasteiger partial charge in [-0.1, -0.05) is 29.3 Å². The molecule has 1 heterocycles. The molecule has 0 saturated heterocycles. The molecule has 0 spiro atoms. The van der Waals surface area contributed by atoms with Crippen molar-refractivity contribution < 1.29 is 22.7 Å². The van der Waals surface area contributed by atoms with Gasteiger partial charge >= 0.3 is 5.97 Å². The number of rotatable bonds is 7. The number of pyridine rings is 1. The van der Waals surface area contributed by atoms with Crippen LogP contribution in [0.15, 0.2) is 47.5 Å². The molecule has 0 aliphatic heterocycles. The van der Waals surface area contributed by atoms with Crippen molar-refractivity contribution in [1.29, 1.82) is 0 Å². The van der Waals surface area contributed by atoms with Gasteiger partial charge in [0, 0.05) is 13.2 Å². The number of anilines is 1. The van der Waals surface area contributed by atoms with E-state index in [0.717, 1.165) is 9.87 Å². The highest BCUT2D eigenvalue weighted by Gasteiger charge is 2.25. The molecule has 0 aliphatic rings. The van der Waals surface area contributed by atoms with Crippen LogP contribution in [0.1, 0.15) is 12.5 Å². The number of sulfonamides is 1. The maximum absolute atomic E-state index is 12.5. The lowest BCUT2D eigenvalue weighted by Gasteiger charge is -2.18. The van der Waals surface area contributed by atoms with Gasteiger partial charge in [0.1, 0.15) is 6.54 Å². The van der Waals surface area contributed by atoms with Crippen LogP contribution >= 0.6 is 11.6 Å². The van der Waals surface area contributed by atoms with Gasteiger partial charge in [0.2, 0.25) is 10.0 Å². The Hall–Kier alpha value is -2.49. The number of likely N-dealkylation sites (N-methyl/N-ethyl adjacent to an activating group) is 1. The van der Waals surface area contributed by atoms with Crippen LogP contribution in [0.4, 0.5) is 5.69 Å². The van der Waals surface area contributed by atoms with E-state index in [1.54, 1.807) is 24.3 Å². The summed E-state index contributed by atoms with van der Waals surface area (Å²) in [5.41, 5.74) is 1.19. The number of carbonyl (C=O) groups is 2. The van der Waals surface area contributed by atoms with E-state index in [4.69, 9.17) is 16.3 Å². The number of aromatic nitrogens is 1. The fourth-order valence-electron chi connectivity index (χ4n) is 2.16. The SMILES string of the molecule is Cc1ccc(S(=O)(=O)N(C)CC(=O)OC(C)C(=O)Nc2cccnc2Cl)cc1. The van der Waals surface area contributed by atoms with Crippen molar-refractivity contribution in [3.63, 3.8) is 0 Å². The minimum atomic E-state index is -3.85. The first-order valence-corrected chi connectivity index (χ1v) is 10.1. The number of aryl methyl sites for hydroxylation is 1. The average Bonchev–Trinajstić information content (AvgIpc) is 2.63. The molecular weight excluding hydrogens is 406 g/mol. The van der Waals surface area contributed by atoms with Gasteiger partial charge in [-0.2, -0.15) is 4.31 Å². The van der Waals surface area contributed by atoms with Crippen LogP contribution in [0.2, 0.25) is 5.15 Å². The van der Waals surface area contributed by atoms with Crippen molar-refractivity contribution >= 4 is 39.2 Å². The first-order valence-electron chi connectivity index (χ1n) is 8.25. The fraction of sp³-hybridized carbons (Fsp3) is 0.278. The van der Waals surface area contributed by atoms with Crippen LogP contribution in [0, 0.1) is 6.92 Å². The Balaban J connectivity index is 1.95. The summed E-state index contributed by atoms with van der Waals surface area (Å²) < 4.78 is 30.9. The minimum Gasteiger partial charge on any atom is -0.452 e. The molecule has 0 saturated carbocycles. The van der Waals surface area contributed by atoms with Gasteiger partial charge in [0.15, 0.2) is 11.3 Å². The van der Waals surface area contributed by atoms with E-state index in [1.165, 1.54) is 32.3 Å². The number of amides is 1. The number of hydrogen-bond acceptors (Lipinski definition) is 6. The lowest BCUT2D eigenvalue weighted by Crippen LogP contribution is -2.37. The van der Waals surface area contributed by atoms with E-state index in [-0.39, 0.29) is 15.7 Å². The van der Waals surface area contributed by atoms with Crippen LogP contribution in [-0.4, -0.2) is 49.3 Å². The molecule has 8 nitrogen and oxygen atoms in total. The number of benzene rings is 1. The highest BCUT2D eigenvalue weighted by atomic mass is 35.5. The molecule has 1 amide bonds. The Morgan fingerprint density at radius 3 is 2.50 bits per heavy atom. The van der Waals surface area contributed by atoms with Crippen LogP contribution in [0.3, 0.4) is 0 Å². The molecule has 0 bridgehead atoms. The Morgan fingerprint density at radius 1 is 1.25 bits per heavy atom. The molecule has 1 aromatic carbocycles. The lowest BCUT2D eigenvalue weighted by atomic mass is 10.2. The summed E-state index contributed by atoms with van der Waals surface area (Å²) in [6, 6.07) is 9.37. The molecular formula is C18H20ClN3O5S. The summed E-state index contributed by atoms with van der Waals surface area (Å²) in [7, 11) is -2.59. The maximum Gasteiger partial charge on any atom is 0.322 e. The van der Waals surface area contributed by atoms with Crippen molar-refractivity contribution in [3.05, 3.63) is 53.3 Å². The van der Waals surface area contributed by atoms with E-state index in [1.807, 2.05) is 6.92 Å². The number of hydrogen-bond donors (Lipinski definition) is 1. The second-order valence-corrected chi connectivity index (χ2v) is 8.44. The average molecular weight is 426 g/mol. The van der Waals surface area contributed by atoms with E-state index in [9.17, 15) is 18.0 Å². The molecule has 1 atom stereocenters. The largest absolute Gasteiger partial charge is 0.452 e. The first kappa shape index (κ1) is 21.8. The smallest absolute Gasteiger partial charge is 0.322 e. The highest BCUT2D eigenvalue weighted by Crippen LogP contribution is 2.18. The molecule has 28 heavy (non-hydrogen) atoms. The zero-order valence-electron chi connectivity index (χ0n) is 15.5. The van der Waals surface area contributed by atoms with E-state index in [2.05, 4.69) is 10.3 Å². The van der Waals surface area contributed by atoms with Gasteiger partial charge in [-0.3, -0.25) is 9.59 Å². The topological polar surface area (TPSA) is 106 Å². The fourth-order valence-corrected chi connectivity index (χ4v) is 3.44. The second-order valence-electron chi connectivity index (χ2n) is 6.04. The normalized spacial score (nSPS) is 12.5. The molecule has 0 fully saturated rings. The van der Waals surface area contributed by atoms with E-state index >= 15 is 0 Å². The summed E-state index contributed by atoms with van der Waals surface area (Å²) in [6.45, 7) is 2.66. The predicted octanol–water partition coefficient (Wildman–Crippen LogP) is 2.23. The summed E-state index contributed by atoms with van der Waals surface area (Å²) in [5, 5.41) is 2.58. The maximum atomic E-state index is 12.5. The zero-order valence-corrected chi connectivity index (χ0v) is 17.1. The molecule has 150 valence electrons. The van der Waals surface area contributed by atoms with Crippen molar-refractivity contribution in [3.8, 4) is 0 Å². The summed E-state index contributed by atoms with van der Waals surface area (Å²) in [5.74, 6) is -1.48. The highest BCUT2D eigenvalue weighted by molar-refractivity contribution is 7.89. The quantitative estimate of drug-likeness (QED) is 0.538. The van der Waals surface area contributed by atoms with Crippen LogP contribution < -0.4 is 5.32 Å². The Bertz CT molecular complexity index is 963. The third-order valence-electron chi connectivity index (χ3n) is 3.78. The van der Waals surface area contributed by atoms with Crippen molar-refractivity contribution in [2.24, 2.45) is 0 Å². The molecule has 1 aromatic heterocycles. The summed E-state index contributed by atoms with van der Waals surface area (Å²) >= 11 is 5.86. The molecule has 2 aromatic rings. The molecule has 2 rings (SSSR count). The van der Waals surface area contributed by atoms with Crippen molar-refractivity contribution in [2.45, 2.75) is 24.8 Å². The van der Waals surface area contributed by atoms with Gasteiger partial charge in [-0.15, -0.1) is 0 Å². The van der Waals surface area contributed by atoms with E-state index < -0.39 is 34.5 Å².